The van der Waals surface area contributed by atoms with Gasteiger partial charge in [0.05, 0.1) is 0 Å². The van der Waals surface area contributed by atoms with E-state index in [1.807, 2.05) is 11.8 Å². The summed E-state index contributed by atoms with van der Waals surface area (Å²) in [6, 6.07) is 0. The van der Waals surface area contributed by atoms with Crippen molar-refractivity contribution in [2.75, 3.05) is 5.75 Å². The van der Waals surface area contributed by atoms with Gasteiger partial charge < -0.3 is 0 Å². The predicted octanol–water partition coefficient (Wildman–Crippen LogP) is 2.01. The van der Waals surface area contributed by atoms with Crippen molar-refractivity contribution in [3.63, 3.8) is 0 Å². The Morgan fingerprint density at radius 3 is 2.86 bits per heavy atom. The maximum atomic E-state index is 2.68. The molecule has 0 aliphatic carbocycles. The van der Waals surface area contributed by atoms with E-state index >= 15 is 0 Å². The summed E-state index contributed by atoms with van der Waals surface area (Å²) in [6.45, 7) is 0. The molecule has 0 aromatic carbocycles. The van der Waals surface area contributed by atoms with Crippen LogP contribution in [-0.2, 0) is 0 Å². The number of hydrogen-bond acceptors (Lipinski definition) is 1. The Hall–Kier alpha value is 0.260. The molecule has 1 aliphatic rings. The minimum atomic E-state index is 1.13. The van der Waals surface area contributed by atoms with Gasteiger partial charge in [0.1, 0.15) is 0 Å². The van der Waals surface area contributed by atoms with E-state index in [0.29, 0.717) is 0 Å². The Morgan fingerprint density at radius 1 is 1.71 bits per heavy atom. The van der Waals surface area contributed by atoms with Crippen molar-refractivity contribution in [2.45, 2.75) is 0 Å². The van der Waals surface area contributed by atoms with Gasteiger partial charge in [0.15, 0.2) is 0 Å². The van der Waals surface area contributed by atoms with Crippen LogP contribution in [0, 0.1) is 0 Å². The third-order valence-electron chi connectivity index (χ3n) is 0.743. The number of allylic oxidation sites excluding steroid dienone is 2. The maximum absolute atomic E-state index is 2.68. The average Bonchev–Trinajstić information content (AvgIpc) is 1.69. The van der Waals surface area contributed by atoms with Crippen LogP contribution in [-0.4, -0.2) is 5.75 Å². The lowest BCUT2D eigenvalue weighted by Gasteiger charge is -1.98. The Labute approximate surface area is 50.3 Å². The molecule has 1 atom stereocenters. The van der Waals surface area contributed by atoms with Crippen molar-refractivity contribution >= 4 is 21.0 Å². The summed E-state index contributed by atoms with van der Waals surface area (Å²) in [4.78, 5) is 0. The largest absolute Gasteiger partial charge is 0.122 e. The zero-order chi connectivity index (χ0) is 5.11. The van der Waals surface area contributed by atoms with Crippen LogP contribution >= 0.6 is 21.0 Å². The number of rotatable bonds is 0. The molecule has 1 unspecified atom stereocenters. The van der Waals surface area contributed by atoms with E-state index in [1.54, 1.807) is 0 Å². The van der Waals surface area contributed by atoms with Crippen LogP contribution in [0.3, 0.4) is 0 Å². The molecule has 0 bridgehead atoms. The Bertz CT molecular complexity index is 115. The van der Waals surface area contributed by atoms with Crippen LogP contribution < -0.4 is 0 Å². The highest BCUT2D eigenvalue weighted by atomic mass is 32.2. The molecule has 0 saturated heterocycles. The van der Waals surface area contributed by atoms with Gasteiger partial charge in [0.25, 0.3) is 0 Å². The van der Waals surface area contributed by atoms with Crippen LogP contribution in [0.1, 0.15) is 0 Å². The fraction of sp³-hybridized carbons (Fsp3) is 0.200. The van der Waals surface area contributed by atoms with Gasteiger partial charge in [0, 0.05) is 10.4 Å². The summed E-state index contributed by atoms with van der Waals surface area (Å²) in [6.07, 6.45) is 6.33. The first kappa shape index (κ1) is 5.40. The quantitative estimate of drug-likeness (QED) is 0.452. The van der Waals surface area contributed by atoms with E-state index in [0.717, 1.165) is 5.75 Å². The van der Waals surface area contributed by atoms with Gasteiger partial charge in [-0.05, 0) is 6.08 Å². The van der Waals surface area contributed by atoms with Gasteiger partial charge >= 0.3 is 0 Å². The third kappa shape index (κ3) is 1.67. The predicted molar refractivity (Wildman–Crippen MR) is 39.4 cm³/mol. The molecule has 0 saturated carbocycles. The normalized spacial score (nSPS) is 19.3. The molecule has 0 spiro atoms. The Morgan fingerprint density at radius 2 is 2.57 bits per heavy atom. The third-order valence-corrected chi connectivity index (χ3v) is 2.26. The minimum Gasteiger partial charge on any atom is -0.122 e. The van der Waals surface area contributed by atoms with Gasteiger partial charge in [-0.1, -0.05) is 21.4 Å². The smallest absolute Gasteiger partial charge is 0.0164 e. The molecule has 1 rings (SSSR count). The second-order valence-electron chi connectivity index (χ2n) is 1.31. The molecule has 0 N–H and O–H groups in total. The van der Waals surface area contributed by atoms with Crippen molar-refractivity contribution in [3.8, 4) is 0 Å². The molecule has 0 amide bonds. The maximum Gasteiger partial charge on any atom is 0.0164 e. The summed E-state index contributed by atoms with van der Waals surface area (Å²) in [5.41, 5.74) is 0. The summed E-state index contributed by atoms with van der Waals surface area (Å²) in [5.74, 6) is 1.13. The van der Waals surface area contributed by atoms with Crippen molar-refractivity contribution in [1.29, 1.82) is 0 Å². The van der Waals surface area contributed by atoms with Crippen LogP contribution in [0.25, 0.3) is 0 Å². The highest BCUT2D eigenvalue weighted by Gasteiger charge is 1.89. The van der Waals surface area contributed by atoms with E-state index in [2.05, 4.69) is 27.5 Å². The standard InChI is InChI=1S/C5H7PS/c6-5-3-1-2-4-7-5/h1-3H,4,6H2. The summed E-state index contributed by atoms with van der Waals surface area (Å²) >= 11 is 1.86. The first-order valence-corrected chi connectivity index (χ1v) is 3.71. The lowest BCUT2D eigenvalue weighted by atomic mass is 10.5. The van der Waals surface area contributed by atoms with E-state index in [-0.39, 0.29) is 0 Å². The van der Waals surface area contributed by atoms with Crippen LogP contribution in [0.15, 0.2) is 22.9 Å². The lowest BCUT2D eigenvalue weighted by molar-refractivity contribution is 1.73. The Kier molecular flexibility index (Phi) is 1.96. The van der Waals surface area contributed by atoms with Gasteiger partial charge in [-0.3, -0.25) is 0 Å². The summed E-state index contributed by atoms with van der Waals surface area (Å²) < 4.78 is 1.34. The first-order chi connectivity index (χ1) is 3.39. The second-order valence-corrected chi connectivity index (χ2v) is 3.44. The molecule has 0 nitrogen and oxygen atoms in total. The number of hydrogen-bond donors (Lipinski definition) is 0. The average molecular weight is 130 g/mol. The van der Waals surface area contributed by atoms with E-state index in [1.165, 1.54) is 4.65 Å². The molecular formula is C5H7PS. The fourth-order valence-corrected chi connectivity index (χ4v) is 1.39. The van der Waals surface area contributed by atoms with Crippen LogP contribution in [0.4, 0.5) is 0 Å². The monoisotopic (exact) mass is 130 g/mol. The highest BCUT2D eigenvalue weighted by molar-refractivity contribution is 8.07. The summed E-state index contributed by atoms with van der Waals surface area (Å²) in [7, 11) is 2.68. The van der Waals surface area contributed by atoms with E-state index in [4.69, 9.17) is 0 Å². The van der Waals surface area contributed by atoms with E-state index < -0.39 is 0 Å². The molecule has 1 heterocycles. The van der Waals surface area contributed by atoms with Gasteiger partial charge in [-0.15, -0.1) is 11.8 Å². The van der Waals surface area contributed by atoms with Gasteiger partial charge in [0.2, 0.25) is 0 Å². The molecule has 0 aromatic rings. The first-order valence-electron chi connectivity index (χ1n) is 2.15. The zero-order valence-electron chi connectivity index (χ0n) is 3.92. The molecular weight excluding hydrogens is 123 g/mol. The van der Waals surface area contributed by atoms with Gasteiger partial charge in [-0.2, -0.15) is 0 Å². The zero-order valence-corrected chi connectivity index (χ0v) is 5.90. The molecule has 0 aromatic heterocycles. The topological polar surface area (TPSA) is 0 Å². The minimum absolute atomic E-state index is 1.13. The molecule has 38 valence electrons. The molecule has 7 heavy (non-hydrogen) atoms. The highest BCUT2D eigenvalue weighted by Crippen LogP contribution is 2.24. The van der Waals surface area contributed by atoms with Crippen molar-refractivity contribution < 1.29 is 0 Å². The molecule has 2 heteroatoms. The second kappa shape index (κ2) is 2.54. The van der Waals surface area contributed by atoms with Crippen molar-refractivity contribution in [2.24, 2.45) is 0 Å². The van der Waals surface area contributed by atoms with Crippen molar-refractivity contribution in [1.82, 2.24) is 0 Å². The van der Waals surface area contributed by atoms with Gasteiger partial charge in [-0.25, -0.2) is 0 Å². The SMILES string of the molecule is PC1=CC=CCS1. The fourth-order valence-electron chi connectivity index (χ4n) is 0.411. The van der Waals surface area contributed by atoms with Crippen LogP contribution in [0.2, 0.25) is 0 Å². The number of thioether (sulfide) groups is 1. The van der Waals surface area contributed by atoms with Crippen LogP contribution in [0.5, 0.6) is 0 Å². The molecule has 0 fully saturated rings. The molecule has 1 aliphatic heterocycles. The van der Waals surface area contributed by atoms with Crippen molar-refractivity contribution in [3.05, 3.63) is 22.9 Å². The Balaban J connectivity index is 2.57. The lowest BCUT2D eigenvalue weighted by Crippen LogP contribution is -1.73. The van der Waals surface area contributed by atoms with E-state index in [9.17, 15) is 0 Å². The summed E-state index contributed by atoms with van der Waals surface area (Å²) in [5, 5.41) is 0. The molecule has 0 radical (unpaired) electrons.